The van der Waals surface area contributed by atoms with Crippen molar-refractivity contribution in [2.75, 3.05) is 11.9 Å². The van der Waals surface area contributed by atoms with Crippen molar-refractivity contribution in [1.82, 2.24) is 0 Å². The Balaban J connectivity index is 2.22. The molecule has 0 saturated heterocycles. The van der Waals surface area contributed by atoms with Crippen molar-refractivity contribution in [3.63, 3.8) is 0 Å². The summed E-state index contributed by atoms with van der Waals surface area (Å²) in [5.41, 5.74) is 9.06. The number of benzene rings is 1. The molecule has 1 aromatic rings. The van der Waals surface area contributed by atoms with Crippen molar-refractivity contribution >= 4 is 5.69 Å². The zero-order chi connectivity index (χ0) is 14.1. The van der Waals surface area contributed by atoms with Gasteiger partial charge in [-0.15, -0.1) is 0 Å². The van der Waals surface area contributed by atoms with E-state index in [4.69, 9.17) is 5.73 Å². The number of aryl methyl sites for hydroxylation is 1. The summed E-state index contributed by atoms with van der Waals surface area (Å²) in [5, 5.41) is 3.75. The minimum atomic E-state index is 0.0506. The van der Waals surface area contributed by atoms with Gasteiger partial charge in [-0.25, -0.2) is 0 Å². The molecule has 0 bridgehead atoms. The van der Waals surface area contributed by atoms with Crippen LogP contribution in [0.3, 0.4) is 0 Å². The van der Waals surface area contributed by atoms with E-state index in [1.807, 2.05) is 0 Å². The predicted octanol–water partition coefficient (Wildman–Crippen LogP) is 3.95. The van der Waals surface area contributed by atoms with Crippen molar-refractivity contribution in [2.24, 2.45) is 17.1 Å². The van der Waals surface area contributed by atoms with Crippen molar-refractivity contribution in [1.29, 1.82) is 0 Å². The fraction of sp³-hybridized carbons (Fsp3) is 0.647. The Hall–Kier alpha value is -1.02. The average molecular weight is 260 g/mol. The van der Waals surface area contributed by atoms with Gasteiger partial charge in [-0.3, -0.25) is 0 Å². The van der Waals surface area contributed by atoms with Gasteiger partial charge < -0.3 is 11.1 Å². The first-order valence-corrected chi connectivity index (χ1v) is 7.39. The Kier molecular flexibility index (Phi) is 3.91. The third kappa shape index (κ3) is 3.50. The summed E-state index contributed by atoms with van der Waals surface area (Å²) in [6.45, 7) is 9.92. The van der Waals surface area contributed by atoms with Crippen LogP contribution >= 0.6 is 0 Å². The van der Waals surface area contributed by atoms with Crippen LogP contribution in [0.2, 0.25) is 0 Å². The van der Waals surface area contributed by atoms with Crippen LogP contribution in [0.5, 0.6) is 0 Å². The van der Waals surface area contributed by atoms with E-state index in [1.54, 1.807) is 0 Å². The van der Waals surface area contributed by atoms with Crippen molar-refractivity contribution in [3.8, 4) is 0 Å². The van der Waals surface area contributed by atoms with Gasteiger partial charge in [-0.1, -0.05) is 32.9 Å². The van der Waals surface area contributed by atoms with Crippen LogP contribution in [0.4, 0.5) is 5.69 Å². The molecule has 2 nitrogen and oxygen atoms in total. The molecule has 106 valence electrons. The van der Waals surface area contributed by atoms with Gasteiger partial charge in [0.15, 0.2) is 0 Å². The first-order chi connectivity index (χ1) is 8.84. The predicted molar refractivity (Wildman–Crippen MR) is 83.4 cm³/mol. The molecule has 0 heterocycles. The van der Waals surface area contributed by atoms with Crippen LogP contribution in [0.25, 0.3) is 0 Å². The molecule has 0 amide bonds. The Morgan fingerprint density at radius 3 is 2.63 bits per heavy atom. The molecule has 2 atom stereocenters. The van der Waals surface area contributed by atoms with Gasteiger partial charge >= 0.3 is 0 Å². The van der Waals surface area contributed by atoms with E-state index >= 15 is 0 Å². The molecule has 0 aliphatic heterocycles. The number of hydrogen-bond donors (Lipinski definition) is 2. The van der Waals surface area contributed by atoms with E-state index in [0.717, 1.165) is 12.3 Å². The molecule has 0 spiro atoms. The van der Waals surface area contributed by atoms with Gasteiger partial charge in [0.2, 0.25) is 0 Å². The molecule has 0 aromatic heterocycles. The molecule has 2 rings (SSSR count). The first kappa shape index (κ1) is 14.4. The summed E-state index contributed by atoms with van der Waals surface area (Å²) in [4.78, 5) is 0. The van der Waals surface area contributed by atoms with Crippen molar-refractivity contribution in [3.05, 3.63) is 29.8 Å². The maximum Gasteiger partial charge on any atom is 0.0503 e. The second-order valence-corrected chi connectivity index (χ2v) is 7.33. The van der Waals surface area contributed by atoms with Gasteiger partial charge in [-0.2, -0.15) is 0 Å². The lowest BCUT2D eigenvalue weighted by molar-refractivity contribution is 0.125. The number of rotatable bonds is 3. The molecule has 1 saturated carbocycles. The van der Waals surface area contributed by atoms with Crippen LogP contribution < -0.4 is 11.1 Å². The largest absolute Gasteiger partial charge is 0.378 e. The smallest absolute Gasteiger partial charge is 0.0503 e. The lowest BCUT2D eigenvalue weighted by Gasteiger charge is -2.48. The molecule has 1 aliphatic carbocycles. The normalized spacial score (nSPS) is 30.1. The second kappa shape index (κ2) is 5.16. The molecule has 0 radical (unpaired) electrons. The highest BCUT2D eigenvalue weighted by Gasteiger charge is 2.41. The van der Waals surface area contributed by atoms with Gasteiger partial charge in [-0.05, 0) is 55.2 Å². The maximum atomic E-state index is 6.14. The first-order valence-electron chi connectivity index (χ1n) is 7.39. The molecule has 2 unspecified atom stereocenters. The van der Waals surface area contributed by atoms with Crippen LogP contribution in [0.1, 0.15) is 45.6 Å². The third-order valence-corrected chi connectivity index (χ3v) is 4.28. The van der Waals surface area contributed by atoms with Crippen LogP contribution in [0, 0.1) is 18.3 Å². The minimum absolute atomic E-state index is 0.0506. The van der Waals surface area contributed by atoms with E-state index in [0.29, 0.717) is 12.0 Å². The number of hydrogen-bond acceptors (Lipinski definition) is 2. The van der Waals surface area contributed by atoms with E-state index in [2.05, 4.69) is 57.3 Å². The number of anilines is 1. The zero-order valence-electron chi connectivity index (χ0n) is 12.8. The molecule has 1 aromatic carbocycles. The Morgan fingerprint density at radius 1 is 1.32 bits per heavy atom. The second-order valence-electron chi connectivity index (χ2n) is 7.33. The van der Waals surface area contributed by atoms with Gasteiger partial charge in [0, 0.05) is 12.2 Å². The molecule has 1 fully saturated rings. The fourth-order valence-corrected chi connectivity index (χ4v) is 4.07. The summed E-state index contributed by atoms with van der Waals surface area (Å²) in [6, 6.07) is 8.60. The summed E-state index contributed by atoms with van der Waals surface area (Å²) in [7, 11) is 0. The van der Waals surface area contributed by atoms with Crippen molar-refractivity contribution < 1.29 is 0 Å². The standard InChI is InChI=1S/C17H28N2/c1-13-6-5-7-15(8-13)19-17(12-18)10-14(2)9-16(3,4)11-17/h5-8,14,19H,9-12,18H2,1-4H3. The highest BCUT2D eigenvalue weighted by molar-refractivity contribution is 5.48. The zero-order valence-corrected chi connectivity index (χ0v) is 12.8. The molecule has 1 aliphatic rings. The van der Waals surface area contributed by atoms with E-state index in [1.165, 1.54) is 24.1 Å². The number of nitrogens with one attached hydrogen (secondary N) is 1. The topological polar surface area (TPSA) is 38.0 Å². The lowest BCUT2D eigenvalue weighted by Crippen LogP contribution is -2.52. The van der Waals surface area contributed by atoms with Crippen molar-refractivity contribution in [2.45, 2.75) is 52.5 Å². The Morgan fingerprint density at radius 2 is 2.05 bits per heavy atom. The van der Waals surface area contributed by atoms with Gasteiger partial charge in [0.1, 0.15) is 0 Å². The Bertz CT molecular complexity index is 439. The quantitative estimate of drug-likeness (QED) is 0.863. The van der Waals surface area contributed by atoms with E-state index in [-0.39, 0.29) is 5.54 Å². The summed E-state index contributed by atoms with van der Waals surface area (Å²) < 4.78 is 0. The highest BCUT2D eigenvalue weighted by atomic mass is 15.0. The summed E-state index contributed by atoms with van der Waals surface area (Å²) in [6.07, 6.45) is 3.61. The van der Waals surface area contributed by atoms with Crippen LogP contribution in [-0.4, -0.2) is 12.1 Å². The summed E-state index contributed by atoms with van der Waals surface area (Å²) >= 11 is 0. The lowest BCUT2D eigenvalue weighted by atomic mass is 9.64. The Labute approximate surface area is 117 Å². The molecule has 3 N–H and O–H groups in total. The van der Waals surface area contributed by atoms with Crippen LogP contribution in [0.15, 0.2) is 24.3 Å². The van der Waals surface area contributed by atoms with E-state index in [9.17, 15) is 0 Å². The molecule has 19 heavy (non-hydrogen) atoms. The SMILES string of the molecule is Cc1cccc(NC2(CN)CC(C)CC(C)(C)C2)c1. The molecular formula is C17H28N2. The van der Waals surface area contributed by atoms with Crippen LogP contribution in [-0.2, 0) is 0 Å². The highest BCUT2D eigenvalue weighted by Crippen LogP contribution is 2.44. The average Bonchev–Trinajstić information content (AvgIpc) is 2.26. The number of nitrogens with two attached hydrogens (primary N) is 1. The van der Waals surface area contributed by atoms with Gasteiger partial charge in [0.05, 0.1) is 5.54 Å². The third-order valence-electron chi connectivity index (χ3n) is 4.28. The molecule has 2 heteroatoms. The monoisotopic (exact) mass is 260 g/mol. The fourth-order valence-electron chi connectivity index (χ4n) is 4.07. The van der Waals surface area contributed by atoms with Gasteiger partial charge in [0.25, 0.3) is 0 Å². The van der Waals surface area contributed by atoms with E-state index < -0.39 is 0 Å². The molecular weight excluding hydrogens is 232 g/mol. The summed E-state index contributed by atoms with van der Waals surface area (Å²) in [5.74, 6) is 0.726. The minimum Gasteiger partial charge on any atom is -0.378 e. The maximum absolute atomic E-state index is 6.14.